The molecule has 0 atom stereocenters. The van der Waals surface area contributed by atoms with Gasteiger partial charge in [-0.25, -0.2) is 0 Å². The molecular formula is C15H11BrN2OS. The van der Waals surface area contributed by atoms with Gasteiger partial charge in [-0.1, -0.05) is 18.2 Å². The summed E-state index contributed by atoms with van der Waals surface area (Å²) in [4.78, 5) is 17.4. The summed E-state index contributed by atoms with van der Waals surface area (Å²) in [7, 11) is 0. The lowest BCUT2D eigenvalue weighted by atomic mass is 10.1. The number of aromatic nitrogens is 1. The molecule has 3 rings (SSSR count). The number of nitrogens with one attached hydrogen (secondary N) is 1. The van der Waals surface area contributed by atoms with Crippen molar-refractivity contribution in [2.75, 3.05) is 5.32 Å². The van der Waals surface area contributed by atoms with Gasteiger partial charge in [0.15, 0.2) is 0 Å². The Hall–Kier alpha value is -1.72. The fourth-order valence-corrected chi connectivity index (χ4v) is 3.25. The van der Waals surface area contributed by atoms with Crippen molar-refractivity contribution in [3.63, 3.8) is 0 Å². The molecule has 0 aliphatic carbocycles. The van der Waals surface area contributed by atoms with E-state index in [1.807, 2.05) is 43.3 Å². The molecule has 0 spiro atoms. The minimum atomic E-state index is -0.114. The number of pyridine rings is 1. The van der Waals surface area contributed by atoms with E-state index in [1.54, 1.807) is 6.07 Å². The predicted molar refractivity (Wildman–Crippen MR) is 86.5 cm³/mol. The van der Waals surface area contributed by atoms with Gasteiger partial charge in [0.2, 0.25) is 0 Å². The maximum Gasteiger partial charge on any atom is 0.265 e. The van der Waals surface area contributed by atoms with Gasteiger partial charge in [-0.15, -0.1) is 11.3 Å². The van der Waals surface area contributed by atoms with Gasteiger partial charge in [-0.2, -0.15) is 0 Å². The van der Waals surface area contributed by atoms with Crippen molar-refractivity contribution in [3.05, 3.63) is 56.8 Å². The Morgan fingerprint density at radius 3 is 2.80 bits per heavy atom. The number of para-hydroxylation sites is 1. The van der Waals surface area contributed by atoms with Crippen LogP contribution in [0.3, 0.4) is 0 Å². The second-order valence-corrected chi connectivity index (χ2v) is 6.85. The molecule has 0 radical (unpaired) electrons. The highest BCUT2D eigenvalue weighted by Crippen LogP contribution is 2.25. The molecule has 0 saturated carbocycles. The Kier molecular flexibility index (Phi) is 3.54. The molecule has 3 aromatic rings. The number of hydrogen-bond donors (Lipinski definition) is 1. The van der Waals surface area contributed by atoms with Crippen LogP contribution >= 0.6 is 27.3 Å². The summed E-state index contributed by atoms with van der Waals surface area (Å²) < 4.78 is 0.939. The Labute approximate surface area is 128 Å². The zero-order chi connectivity index (χ0) is 14.1. The number of thiophene rings is 1. The molecule has 2 aromatic heterocycles. The lowest BCUT2D eigenvalue weighted by Gasteiger charge is -2.07. The molecule has 1 amide bonds. The Morgan fingerprint density at radius 2 is 2.05 bits per heavy atom. The summed E-state index contributed by atoms with van der Waals surface area (Å²) in [5, 5.41) is 3.94. The number of amides is 1. The molecule has 5 heteroatoms. The first kappa shape index (κ1) is 13.3. The van der Waals surface area contributed by atoms with Crippen LogP contribution in [0.2, 0.25) is 0 Å². The van der Waals surface area contributed by atoms with E-state index in [2.05, 4.69) is 26.2 Å². The second kappa shape index (κ2) is 5.34. The molecule has 1 aromatic carbocycles. The highest BCUT2D eigenvalue weighted by atomic mass is 79.9. The van der Waals surface area contributed by atoms with Crippen molar-refractivity contribution in [3.8, 4) is 0 Å². The predicted octanol–water partition coefficient (Wildman–Crippen LogP) is 4.62. The number of aryl methyl sites for hydroxylation is 1. The number of rotatable bonds is 2. The number of halogens is 1. The van der Waals surface area contributed by atoms with E-state index >= 15 is 0 Å². The molecule has 0 unspecified atom stereocenters. The number of anilines is 1. The van der Waals surface area contributed by atoms with Gasteiger partial charge in [-0.3, -0.25) is 9.78 Å². The highest BCUT2D eigenvalue weighted by molar-refractivity contribution is 9.11. The number of carbonyl (C=O) groups excluding carboxylic acids is 1. The second-order valence-electron chi connectivity index (χ2n) is 4.39. The van der Waals surface area contributed by atoms with Crippen molar-refractivity contribution in [1.82, 2.24) is 4.98 Å². The van der Waals surface area contributed by atoms with Gasteiger partial charge in [-0.05, 0) is 47.1 Å². The quantitative estimate of drug-likeness (QED) is 0.735. The fourth-order valence-electron chi connectivity index (χ4n) is 1.97. The zero-order valence-corrected chi connectivity index (χ0v) is 13.1. The molecule has 20 heavy (non-hydrogen) atoms. The molecule has 0 aliphatic heterocycles. The number of benzene rings is 1. The Balaban J connectivity index is 1.98. The number of nitrogens with zero attached hydrogens (tertiary/aromatic N) is 1. The standard InChI is InChI=1S/C15H11BrN2OS/c1-9-5-6-10-3-2-4-11(14(10)17-9)18-15(19)12-7-8-13(16)20-12/h2-8H,1H3,(H,18,19). The van der Waals surface area contributed by atoms with Crippen molar-refractivity contribution in [2.45, 2.75) is 6.92 Å². The van der Waals surface area contributed by atoms with Crippen molar-refractivity contribution >= 4 is 49.8 Å². The van der Waals surface area contributed by atoms with E-state index in [4.69, 9.17) is 0 Å². The highest BCUT2D eigenvalue weighted by Gasteiger charge is 2.11. The van der Waals surface area contributed by atoms with Gasteiger partial charge in [0, 0.05) is 11.1 Å². The maximum absolute atomic E-state index is 12.2. The molecule has 0 saturated heterocycles. The lowest BCUT2D eigenvalue weighted by Crippen LogP contribution is -2.10. The van der Waals surface area contributed by atoms with Crippen LogP contribution in [0.15, 0.2) is 46.3 Å². The van der Waals surface area contributed by atoms with E-state index in [-0.39, 0.29) is 5.91 Å². The molecule has 100 valence electrons. The fraction of sp³-hybridized carbons (Fsp3) is 0.0667. The van der Waals surface area contributed by atoms with Gasteiger partial charge in [0.25, 0.3) is 5.91 Å². The van der Waals surface area contributed by atoms with Crippen LogP contribution in [0.25, 0.3) is 10.9 Å². The average molecular weight is 347 g/mol. The summed E-state index contributed by atoms with van der Waals surface area (Å²) in [6.07, 6.45) is 0. The first-order valence-corrected chi connectivity index (χ1v) is 7.67. The van der Waals surface area contributed by atoms with Crippen molar-refractivity contribution < 1.29 is 4.79 Å². The Morgan fingerprint density at radius 1 is 1.20 bits per heavy atom. The van der Waals surface area contributed by atoms with Crippen LogP contribution in [0, 0.1) is 6.92 Å². The van der Waals surface area contributed by atoms with Crippen LogP contribution < -0.4 is 5.32 Å². The van der Waals surface area contributed by atoms with Gasteiger partial charge < -0.3 is 5.32 Å². The first-order chi connectivity index (χ1) is 9.63. The van der Waals surface area contributed by atoms with E-state index < -0.39 is 0 Å². The van der Waals surface area contributed by atoms with Crippen LogP contribution in [-0.4, -0.2) is 10.9 Å². The van der Waals surface area contributed by atoms with E-state index in [0.29, 0.717) is 4.88 Å². The SMILES string of the molecule is Cc1ccc2cccc(NC(=O)c3ccc(Br)s3)c2n1. The third-order valence-corrected chi connectivity index (χ3v) is 4.53. The van der Waals surface area contributed by atoms with Gasteiger partial charge in [0.1, 0.15) is 0 Å². The summed E-state index contributed by atoms with van der Waals surface area (Å²) >= 11 is 4.77. The average Bonchev–Trinajstić information content (AvgIpc) is 2.86. The molecule has 3 nitrogen and oxygen atoms in total. The largest absolute Gasteiger partial charge is 0.319 e. The summed E-state index contributed by atoms with van der Waals surface area (Å²) in [5.41, 5.74) is 2.48. The van der Waals surface area contributed by atoms with E-state index in [1.165, 1.54) is 11.3 Å². The summed E-state index contributed by atoms with van der Waals surface area (Å²) in [5.74, 6) is -0.114. The first-order valence-electron chi connectivity index (χ1n) is 6.06. The Bertz CT molecular complexity index is 797. The minimum Gasteiger partial charge on any atom is -0.319 e. The monoisotopic (exact) mass is 346 g/mol. The topological polar surface area (TPSA) is 42.0 Å². The molecule has 0 aliphatic rings. The normalized spacial score (nSPS) is 10.7. The van der Waals surface area contributed by atoms with Gasteiger partial charge in [0.05, 0.1) is 19.9 Å². The third kappa shape index (κ3) is 2.59. The van der Waals surface area contributed by atoms with E-state index in [0.717, 1.165) is 26.1 Å². The van der Waals surface area contributed by atoms with Crippen LogP contribution in [0.1, 0.15) is 15.4 Å². The molecule has 0 fully saturated rings. The minimum absolute atomic E-state index is 0.114. The molecule has 2 heterocycles. The van der Waals surface area contributed by atoms with Gasteiger partial charge >= 0.3 is 0 Å². The molecule has 1 N–H and O–H groups in total. The molecule has 0 bridgehead atoms. The molecular weight excluding hydrogens is 336 g/mol. The maximum atomic E-state index is 12.2. The zero-order valence-electron chi connectivity index (χ0n) is 10.7. The van der Waals surface area contributed by atoms with Crippen molar-refractivity contribution in [2.24, 2.45) is 0 Å². The smallest absolute Gasteiger partial charge is 0.265 e. The van der Waals surface area contributed by atoms with E-state index in [9.17, 15) is 4.79 Å². The lowest BCUT2D eigenvalue weighted by molar-refractivity contribution is 0.103. The van der Waals surface area contributed by atoms with Crippen LogP contribution in [0.4, 0.5) is 5.69 Å². The van der Waals surface area contributed by atoms with Crippen LogP contribution in [-0.2, 0) is 0 Å². The summed E-state index contributed by atoms with van der Waals surface area (Å²) in [6, 6.07) is 13.4. The van der Waals surface area contributed by atoms with Crippen LogP contribution in [0.5, 0.6) is 0 Å². The summed E-state index contributed by atoms with van der Waals surface area (Å²) in [6.45, 7) is 1.94. The number of hydrogen-bond acceptors (Lipinski definition) is 3. The number of carbonyl (C=O) groups is 1. The number of fused-ring (bicyclic) bond motifs is 1. The van der Waals surface area contributed by atoms with Crippen molar-refractivity contribution in [1.29, 1.82) is 0 Å². The third-order valence-electron chi connectivity index (χ3n) is 2.90.